The number of ether oxygens (including phenoxy) is 2. The fourth-order valence-electron chi connectivity index (χ4n) is 6.51. The quantitative estimate of drug-likeness (QED) is 0.0307. The van der Waals surface area contributed by atoms with Gasteiger partial charge in [0.2, 0.25) is 5.91 Å². The lowest BCUT2D eigenvalue weighted by atomic mass is 9.99. The van der Waals surface area contributed by atoms with E-state index in [1.807, 2.05) is 6.08 Å². The van der Waals surface area contributed by atoms with Gasteiger partial charge in [-0.1, -0.05) is 167 Å². The van der Waals surface area contributed by atoms with Crippen molar-refractivity contribution in [1.82, 2.24) is 5.32 Å². The molecule has 9 heteroatoms. The van der Waals surface area contributed by atoms with Crippen molar-refractivity contribution in [2.24, 2.45) is 0 Å². The van der Waals surface area contributed by atoms with Gasteiger partial charge in [-0.05, 0) is 19.3 Å². The smallest absolute Gasteiger partial charge is 0.220 e. The number of hydrogen-bond acceptors (Lipinski definition) is 8. The molecule has 49 heavy (non-hydrogen) atoms. The lowest BCUT2D eigenvalue weighted by Gasteiger charge is -2.40. The van der Waals surface area contributed by atoms with E-state index in [1.54, 1.807) is 6.08 Å². The number of allylic oxidation sites excluding steroid dienone is 1. The molecule has 0 aromatic rings. The molecular formula is C40H77NO8. The van der Waals surface area contributed by atoms with Crippen LogP contribution in [-0.4, -0.2) is 87.5 Å². The van der Waals surface area contributed by atoms with E-state index >= 15 is 0 Å². The van der Waals surface area contributed by atoms with Crippen LogP contribution in [0.5, 0.6) is 0 Å². The minimum absolute atomic E-state index is 0.178. The first-order chi connectivity index (χ1) is 23.8. The van der Waals surface area contributed by atoms with Gasteiger partial charge in [-0.15, -0.1) is 0 Å². The van der Waals surface area contributed by atoms with E-state index in [9.17, 15) is 30.3 Å². The van der Waals surface area contributed by atoms with Crippen molar-refractivity contribution >= 4 is 5.91 Å². The summed E-state index contributed by atoms with van der Waals surface area (Å²) in [6, 6.07) is -0.796. The number of nitrogens with one attached hydrogen (secondary N) is 1. The average molecular weight is 700 g/mol. The van der Waals surface area contributed by atoms with Crippen molar-refractivity contribution in [2.45, 2.75) is 224 Å². The topological polar surface area (TPSA) is 149 Å². The molecule has 1 heterocycles. The first-order valence-corrected chi connectivity index (χ1v) is 20.4. The van der Waals surface area contributed by atoms with Crippen LogP contribution in [-0.2, 0) is 14.3 Å². The molecule has 1 amide bonds. The molecule has 1 rings (SSSR count). The van der Waals surface area contributed by atoms with E-state index in [0.29, 0.717) is 6.42 Å². The van der Waals surface area contributed by atoms with Gasteiger partial charge in [0.25, 0.3) is 0 Å². The van der Waals surface area contributed by atoms with Crippen LogP contribution in [0, 0.1) is 0 Å². The third-order valence-electron chi connectivity index (χ3n) is 9.86. The molecule has 0 radical (unpaired) electrons. The summed E-state index contributed by atoms with van der Waals surface area (Å²) >= 11 is 0. The molecule has 290 valence electrons. The normalized spacial score (nSPS) is 22.5. The number of rotatable bonds is 33. The maximum atomic E-state index is 12.9. The minimum Gasteiger partial charge on any atom is -0.394 e. The molecule has 1 aliphatic rings. The zero-order valence-electron chi connectivity index (χ0n) is 31.5. The van der Waals surface area contributed by atoms with E-state index in [0.717, 1.165) is 38.5 Å². The first kappa shape index (κ1) is 46.0. The Balaban J connectivity index is 2.38. The largest absolute Gasteiger partial charge is 0.394 e. The van der Waals surface area contributed by atoms with Crippen molar-refractivity contribution < 1.29 is 39.8 Å². The van der Waals surface area contributed by atoms with Crippen LogP contribution in [0.3, 0.4) is 0 Å². The molecule has 6 N–H and O–H groups in total. The summed E-state index contributed by atoms with van der Waals surface area (Å²) in [4.78, 5) is 12.9. The van der Waals surface area contributed by atoms with E-state index in [-0.39, 0.29) is 12.5 Å². The second-order valence-electron chi connectivity index (χ2n) is 14.4. The summed E-state index contributed by atoms with van der Waals surface area (Å²) in [6.07, 6.45) is 26.8. The Hall–Kier alpha value is -1.07. The van der Waals surface area contributed by atoms with Gasteiger partial charge < -0.3 is 40.3 Å². The molecule has 0 saturated carbocycles. The van der Waals surface area contributed by atoms with Crippen molar-refractivity contribution in [3.63, 3.8) is 0 Å². The highest BCUT2D eigenvalue weighted by molar-refractivity contribution is 5.76. The maximum Gasteiger partial charge on any atom is 0.220 e. The van der Waals surface area contributed by atoms with Gasteiger partial charge in [0.05, 0.1) is 25.4 Å². The summed E-state index contributed by atoms with van der Waals surface area (Å²) in [5, 5.41) is 53.9. The summed E-state index contributed by atoms with van der Waals surface area (Å²) in [5.41, 5.74) is 0. The predicted molar refractivity (Wildman–Crippen MR) is 198 cm³/mol. The fourth-order valence-corrected chi connectivity index (χ4v) is 6.51. The van der Waals surface area contributed by atoms with Crippen molar-refractivity contribution in [1.29, 1.82) is 0 Å². The Bertz CT molecular complexity index is 781. The Morgan fingerprint density at radius 2 is 1.12 bits per heavy atom. The zero-order chi connectivity index (χ0) is 36.0. The lowest BCUT2D eigenvalue weighted by molar-refractivity contribution is -0.302. The number of hydrogen-bond donors (Lipinski definition) is 6. The Morgan fingerprint density at radius 3 is 1.59 bits per heavy atom. The summed E-state index contributed by atoms with van der Waals surface area (Å²) in [7, 11) is 0. The van der Waals surface area contributed by atoms with Crippen LogP contribution in [0.25, 0.3) is 0 Å². The van der Waals surface area contributed by atoms with Crippen LogP contribution in [0.15, 0.2) is 12.2 Å². The number of aliphatic hydroxyl groups excluding tert-OH is 5. The van der Waals surface area contributed by atoms with Crippen LogP contribution >= 0.6 is 0 Å². The van der Waals surface area contributed by atoms with Crippen molar-refractivity contribution in [2.75, 3.05) is 13.2 Å². The van der Waals surface area contributed by atoms with Crippen molar-refractivity contribution in [3.8, 4) is 0 Å². The number of carbonyl (C=O) groups is 1. The van der Waals surface area contributed by atoms with Crippen LogP contribution in [0.2, 0.25) is 0 Å². The van der Waals surface area contributed by atoms with E-state index in [4.69, 9.17) is 9.47 Å². The van der Waals surface area contributed by atoms with Gasteiger partial charge in [-0.25, -0.2) is 0 Å². The number of carbonyl (C=O) groups excluding carboxylic acids is 1. The molecule has 0 spiro atoms. The van der Waals surface area contributed by atoms with Crippen LogP contribution in [0.1, 0.15) is 181 Å². The third kappa shape index (κ3) is 23.2. The summed E-state index contributed by atoms with van der Waals surface area (Å²) < 4.78 is 11.2. The Labute approximate surface area is 299 Å². The second kappa shape index (κ2) is 31.6. The van der Waals surface area contributed by atoms with Gasteiger partial charge in [0.15, 0.2) is 6.29 Å². The monoisotopic (exact) mass is 700 g/mol. The summed E-state index contributed by atoms with van der Waals surface area (Å²) in [5.74, 6) is -0.178. The molecule has 0 aromatic heterocycles. The van der Waals surface area contributed by atoms with Gasteiger partial charge in [0.1, 0.15) is 24.4 Å². The van der Waals surface area contributed by atoms with E-state index < -0.39 is 49.5 Å². The molecule has 9 nitrogen and oxygen atoms in total. The number of aliphatic hydroxyl groups is 5. The Morgan fingerprint density at radius 1 is 0.673 bits per heavy atom. The van der Waals surface area contributed by atoms with Gasteiger partial charge >= 0.3 is 0 Å². The predicted octanol–water partition coefficient (Wildman–Crippen LogP) is 7.39. The lowest BCUT2D eigenvalue weighted by Crippen LogP contribution is -2.60. The van der Waals surface area contributed by atoms with Gasteiger partial charge in [-0.3, -0.25) is 4.79 Å². The molecule has 1 fully saturated rings. The first-order valence-electron chi connectivity index (χ1n) is 20.4. The second-order valence-corrected chi connectivity index (χ2v) is 14.4. The molecule has 0 bridgehead atoms. The van der Waals surface area contributed by atoms with Gasteiger partial charge in [0, 0.05) is 6.42 Å². The van der Waals surface area contributed by atoms with E-state index in [2.05, 4.69) is 19.2 Å². The van der Waals surface area contributed by atoms with E-state index in [1.165, 1.54) is 122 Å². The molecular weight excluding hydrogens is 622 g/mol. The highest BCUT2D eigenvalue weighted by Gasteiger charge is 2.44. The third-order valence-corrected chi connectivity index (χ3v) is 9.86. The molecule has 1 aliphatic heterocycles. The zero-order valence-corrected chi connectivity index (χ0v) is 31.5. The van der Waals surface area contributed by atoms with Crippen molar-refractivity contribution in [3.05, 3.63) is 12.2 Å². The highest BCUT2D eigenvalue weighted by atomic mass is 16.7. The van der Waals surface area contributed by atoms with Gasteiger partial charge in [-0.2, -0.15) is 0 Å². The molecule has 0 aliphatic carbocycles. The molecule has 1 saturated heterocycles. The van der Waals surface area contributed by atoms with Crippen LogP contribution < -0.4 is 5.32 Å². The average Bonchev–Trinajstić information content (AvgIpc) is 3.10. The van der Waals surface area contributed by atoms with Crippen LogP contribution in [0.4, 0.5) is 0 Å². The molecule has 0 aromatic carbocycles. The SMILES string of the molecule is CCCCCCCCCC/C=C/[C@@H](O)[C@H](CO[C@H]1O[C@@H](CO)[C@H](O)C(O)C1O)NC(=O)CCCCCCCCCCCCCCCCCC. The highest BCUT2D eigenvalue weighted by Crippen LogP contribution is 2.22. The minimum atomic E-state index is -1.56. The fraction of sp³-hybridized carbons (Fsp3) is 0.925. The molecule has 7 atom stereocenters. The maximum absolute atomic E-state index is 12.9. The number of amides is 1. The molecule has 2 unspecified atom stereocenters. The Kier molecular flexibility index (Phi) is 29.7. The number of unbranched alkanes of at least 4 members (excludes halogenated alkanes) is 23. The summed E-state index contributed by atoms with van der Waals surface area (Å²) in [6.45, 7) is 3.74. The standard InChI is InChI=1S/C40H77NO8/c1-3-5-7-9-11-13-15-16-17-18-19-20-22-24-26-28-30-36(44)41-33(32-48-40-39(47)38(46)37(45)35(31-42)49-40)34(43)29-27-25-23-21-14-12-10-8-6-4-2/h27,29,33-35,37-40,42-43,45-47H,3-26,28,30-32H2,1-2H3,(H,41,44)/b29-27+/t33-,34+,35-,37-,38?,39?,40-/m0/s1.